The third kappa shape index (κ3) is 3.05. The molecule has 0 radical (unpaired) electrons. The highest BCUT2D eigenvalue weighted by Crippen LogP contribution is 2.32. The van der Waals surface area contributed by atoms with E-state index in [4.69, 9.17) is 0 Å². The minimum Gasteiger partial charge on any atom is -0.393 e. The van der Waals surface area contributed by atoms with Crippen molar-refractivity contribution >= 4 is 17.4 Å². The Hall–Kier alpha value is -1.18. The molecule has 0 aromatic heterocycles. The van der Waals surface area contributed by atoms with Crippen LogP contribution in [-0.4, -0.2) is 30.6 Å². The van der Waals surface area contributed by atoms with E-state index in [-0.39, 0.29) is 6.10 Å². The van der Waals surface area contributed by atoms with Crippen LogP contribution in [0.2, 0.25) is 0 Å². The molecule has 1 atom stereocenters. The lowest BCUT2D eigenvalue weighted by Crippen LogP contribution is -2.37. The first-order valence-electron chi connectivity index (χ1n) is 6.67. The van der Waals surface area contributed by atoms with Gasteiger partial charge in [0, 0.05) is 18.0 Å². The highest BCUT2D eigenvalue weighted by molar-refractivity contribution is 7.98. The molecule has 1 heterocycles. The van der Waals surface area contributed by atoms with Crippen LogP contribution in [0.25, 0.3) is 0 Å². The molecular formula is C15H20N2OS. The van der Waals surface area contributed by atoms with E-state index in [1.165, 1.54) is 0 Å². The van der Waals surface area contributed by atoms with E-state index >= 15 is 0 Å². The van der Waals surface area contributed by atoms with Gasteiger partial charge < -0.3 is 10.0 Å². The smallest absolute Gasteiger partial charge is 0.103 e. The molecule has 1 N–H and O–H groups in total. The number of thioether (sulfide) groups is 1. The Morgan fingerprint density at radius 2 is 2.11 bits per heavy atom. The van der Waals surface area contributed by atoms with Gasteiger partial charge in [-0.25, -0.2) is 0 Å². The van der Waals surface area contributed by atoms with Crippen molar-refractivity contribution in [3.8, 4) is 6.07 Å². The molecule has 1 fully saturated rings. The Bertz CT molecular complexity index is 474. The largest absolute Gasteiger partial charge is 0.393 e. The van der Waals surface area contributed by atoms with Crippen LogP contribution >= 0.6 is 11.8 Å². The van der Waals surface area contributed by atoms with Gasteiger partial charge >= 0.3 is 0 Å². The van der Waals surface area contributed by atoms with Crippen LogP contribution in [0.15, 0.2) is 23.1 Å². The summed E-state index contributed by atoms with van der Waals surface area (Å²) in [5, 5.41) is 19.0. The number of rotatable bonds is 3. The maximum Gasteiger partial charge on any atom is 0.103 e. The summed E-state index contributed by atoms with van der Waals surface area (Å²) in [4.78, 5) is 3.31. The van der Waals surface area contributed by atoms with Gasteiger partial charge in [-0.05, 0) is 44.1 Å². The summed E-state index contributed by atoms with van der Waals surface area (Å²) in [5.41, 5.74) is 1.82. The molecule has 2 rings (SSSR count). The van der Waals surface area contributed by atoms with Crippen molar-refractivity contribution in [1.29, 1.82) is 5.26 Å². The Morgan fingerprint density at radius 1 is 1.42 bits per heavy atom. The van der Waals surface area contributed by atoms with Crippen LogP contribution in [0.4, 0.5) is 5.69 Å². The standard InChI is InChI=1S/C15H20N2OS/c1-11(18)12-6-8-17(9-7-12)14-4-3-5-15(19-2)13(14)10-16/h3-5,11-12,18H,6-9H2,1-2H3. The summed E-state index contributed by atoms with van der Waals surface area (Å²) >= 11 is 1.61. The number of hydrogen-bond acceptors (Lipinski definition) is 4. The number of anilines is 1. The maximum atomic E-state index is 9.64. The number of hydrogen-bond donors (Lipinski definition) is 1. The molecule has 1 aromatic rings. The fraction of sp³-hybridized carbons (Fsp3) is 0.533. The van der Waals surface area contributed by atoms with E-state index in [1.54, 1.807) is 11.8 Å². The van der Waals surface area contributed by atoms with Gasteiger partial charge in [0.25, 0.3) is 0 Å². The Kier molecular flexibility index (Phi) is 4.73. The first kappa shape index (κ1) is 14.2. The van der Waals surface area contributed by atoms with Gasteiger partial charge in [-0.15, -0.1) is 11.8 Å². The molecule has 0 spiro atoms. The molecule has 0 bridgehead atoms. The number of nitriles is 1. The number of nitrogens with zero attached hydrogens (tertiary/aromatic N) is 2. The minimum atomic E-state index is -0.227. The monoisotopic (exact) mass is 276 g/mol. The highest BCUT2D eigenvalue weighted by Gasteiger charge is 2.24. The number of piperidine rings is 1. The Morgan fingerprint density at radius 3 is 2.63 bits per heavy atom. The molecule has 1 aliphatic heterocycles. The summed E-state index contributed by atoms with van der Waals surface area (Å²) < 4.78 is 0. The van der Waals surface area contributed by atoms with Gasteiger partial charge in [-0.3, -0.25) is 0 Å². The molecule has 4 heteroatoms. The van der Waals surface area contributed by atoms with Crippen LogP contribution in [0.3, 0.4) is 0 Å². The first-order chi connectivity index (χ1) is 9.17. The summed E-state index contributed by atoms with van der Waals surface area (Å²) in [6.45, 7) is 3.71. The van der Waals surface area contributed by atoms with E-state index < -0.39 is 0 Å². The molecule has 102 valence electrons. The number of aliphatic hydroxyl groups is 1. The first-order valence-corrected chi connectivity index (χ1v) is 7.90. The van der Waals surface area contributed by atoms with Gasteiger partial charge in [0.1, 0.15) is 6.07 Å². The second-order valence-electron chi connectivity index (χ2n) is 5.03. The second-order valence-corrected chi connectivity index (χ2v) is 5.88. The van der Waals surface area contributed by atoms with E-state index in [1.807, 2.05) is 31.4 Å². The lowest BCUT2D eigenvalue weighted by molar-refractivity contribution is 0.110. The molecule has 1 aromatic carbocycles. The lowest BCUT2D eigenvalue weighted by atomic mass is 9.91. The highest BCUT2D eigenvalue weighted by atomic mass is 32.2. The molecule has 0 amide bonds. The van der Waals surface area contributed by atoms with Crippen LogP contribution in [-0.2, 0) is 0 Å². The van der Waals surface area contributed by atoms with Gasteiger partial charge in [-0.2, -0.15) is 5.26 Å². The topological polar surface area (TPSA) is 47.3 Å². The summed E-state index contributed by atoms with van der Waals surface area (Å²) in [7, 11) is 0. The third-order valence-corrected chi connectivity index (χ3v) is 4.68. The maximum absolute atomic E-state index is 9.64. The predicted octanol–water partition coefficient (Wildman–Crippen LogP) is 2.88. The molecule has 1 aliphatic rings. The zero-order valence-corrected chi connectivity index (χ0v) is 12.3. The Balaban J connectivity index is 2.18. The van der Waals surface area contributed by atoms with Crippen molar-refractivity contribution in [3.05, 3.63) is 23.8 Å². The van der Waals surface area contributed by atoms with Crippen LogP contribution in [0, 0.1) is 17.2 Å². The molecule has 0 aliphatic carbocycles. The van der Waals surface area contributed by atoms with E-state index in [0.29, 0.717) is 5.92 Å². The molecular weight excluding hydrogens is 256 g/mol. The van der Waals surface area contributed by atoms with Gasteiger partial charge in [0.15, 0.2) is 0 Å². The Labute approximate surface area is 119 Å². The number of benzene rings is 1. The lowest BCUT2D eigenvalue weighted by Gasteiger charge is -2.35. The zero-order chi connectivity index (χ0) is 13.8. The van der Waals surface area contributed by atoms with Crippen molar-refractivity contribution in [2.24, 2.45) is 5.92 Å². The van der Waals surface area contributed by atoms with Crippen molar-refractivity contribution in [2.75, 3.05) is 24.2 Å². The second kappa shape index (κ2) is 6.31. The van der Waals surface area contributed by atoms with Crippen LogP contribution in [0.5, 0.6) is 0 Å². The summed E-state index contributed by atoms with van der Waals surface area (Å²) in [6.07, 6.45) is 3.76. The van der Waals surface area contributed by atoms with Gasteiger partial charge in [-0.1, -0.05) is 6.07 Å². The normalized spacial score (nSPS) is 18.1. The molecule has 3 nitrogen and oxygen atoms in total. The van der Waals surface area contributed by atoms with Crippen molar-refractivity contribution in [2.45, 2.75) is 30.8 Å². The van der Waals surface area contributed by atoms with Gasteiger partial charge in [0.05, 0.1) is 17.4 Å². The van der Waals surface area contributed by atoms with Crippen LogP contribution in [0.1, 0.15) is 25.3 Å². The quantitative estimate of drug-likeness (QED) is 0.862. The number of aliphatic hydroxyl groups excluding tert-OH is 1. The van der Waals surface area contributed by atoms with E-state index in [9.17, 15) is 10.4 Å². The zero-order valence-electron chi connectivity index (χ0n) is 11.5. The molecule has 0 saturated carbocycles. The van der Waals surface area contributed by atoms with E-state index in [2.05, 4.69) is 11.0 Å². The van der Waals surface area contributed by atoms with Crippen molar-refractivity contribution < 1.29 is 5.11 Å². The van der Waals surface area contributed by atoms with Crippen molar-refractivity contribution in [1.82, 2.24) is 0 Å². The summed E-state index contributed by atoms with van der Waals surface area (Å²) in [5.74, 6) is 0.394. The fourth-order valence-electron chi connectivity index (χ4n) is 2.69. The van der Waals surface area contributed by atoms with E-state index in [0.717, 1.165) is 42.1 Å². The third-order valence-electron chi connectivity index (χ3n) is 3.90. The molecule has 19 heavy (non-hydrogen) atoms. The average Bonchev–Trinajstić information content (AvgIpc) is 2.46. The minimum absolute atomic E-state index is 0.227. The van der Waals surface area contributed by atoms with Crippen LogP contribution < -0.4 is 4.90 Å². The molecule has 1 unspecified atom stereocenters. The van der Waals surface area contributed by atoms with Gasteiger partial charge in [0.2, 0.25) is 0 Å². The molecule has 1 saturated heterocycles. The van der Waals surface area contributed by atoms with Crippen molar-refractivity contribution in [3.63, 3.8) is 0 Å². The SMILES string of the molecule is CSc1cccc(N2CCC(C(C)O)CC2)c1C#N. The predicted molar refractivity (Wildman–Crippen MR) is 79.6 cm³/mol. The summed E-state index contributed by atoms with van der Waals surface area (Å²) in [6, 6.07) is 8.38. The fourth-order valence-corrected chi connectivity index (χ4v) is 3.26. The average molecular weight is 276 g/mol.